The van der Waals surface area contributed by atoms with Gasteiger partial charge < -0.3 is 14.4 Å². The number of nitro benzene ring substituents is 1. The van der Waals surface area contributed by atoms with Crippen LogP contribution in [0.3, 0.4) is 0 Å². The van der Waals surface area contributed by atoms with Crippen LogP contribution in [0.1, 0.15) is 24.8 Å². The molecule has 154 valence electrons. The second-order valence-corrected chi connectivity index (χ2v) is 9.09. The molecule has 2 unspecified atom stereocenters. The van der Waals surface area contributed by atoms with Crippen LogP contribution in [0.5, 0.6) is 5.75 Å². The summed E-state index contributed by atoms with van der Waals surface area (Å²) < 4.78 is 10.8. The third-order valence-corrected chi connectivity index (χ3v) is 7.16. The molecule has 1 aromatic rings. The highest BCUT2D eigenvalue weighted by Crippen LogP contribution is 2.29. The number of nitro groups is 1. The van der Waals surface area contributed by atoms with Crippen LogP contribution in [0.4, 0.5) is 5.69 Å². The van der Waals surface area contributed by atoms with E-state index in [4.69, 9.17) is 9.47 Å². The van der Waals surface area contributed by atoms with Gasteiger partial charge in [0.2, 0.25) is 5.91 Å². The maximum atomic E-state index is 12.9. The Balaban J connectivity index is 1.56. The number of hydrogen-bond donors (Lipinski definition) is 0. The van der Waals surface area contributed by atoms with Crippen molar-refractivity contribution in [1.29, 1.82) is 0 Å². The van der Waals surface area contributed by atoms with Gasteiger partial charge in [0, 0.05) is 36.8 Å². The molecule has 2 saturated heterocycles. The quantitative estimate of drug-likeness (QED) is 0.442. The van der Waals surface area contributed by atoms with Gasteiger partial charge in [0.15, 0.2) is 5.75 Å². The van der Waals surface area contributed by atoms with Crippen LogP contribution in [0, 0.1) is 10.1 Å². The summed E-state index contributed by atoms with van der Waals surface area (Å²) in [7, 11) is 1.42. The van der Waals surface area contributed by atoms with E-state index in [0.717, 1.165) is 42.9 Å². The van der Waals surface area contributed by atoms with E-state index in [1.54, 1.807) is 12.1 Å². The SMILES string of the molecule is COc1ccc(CSCC(=O)N(CC2CCCO2)C2CCSC2)cc1[N+](=O)[O-]. The highest BCUT2D eigenvalue weighted by molar-refractivity contribution is 7.99. The Hall–Kier alpha value is -1.45. The Kier molecular flexibility index (Phi) is 7.87. The third kappa shape index (κ3) is 5.55. The van der Waals surface area contributed by atoms with Gasteiger partial charge in [-0.1, -0.05) is 6.07 Å². The van der Waals surface area contributed by atoms with E-state index >= 15 is 0 Å². The summed E-state index contributed by atoms with van der Waals surface area (Å²) in [6.07, 6.45) is 3.28. The average molecular weight is 427 g/mol. The summed E-state index contributed by atoms with van der Waals surface area (Å²) >= 11 is 3.39. The number of thioether (sulfide) groups is 2. The van der Waals surface area contributed by atoms with Crippen molar-refractivity contribution in [1.82, 2.24) is 4.90 Å². The number of carbonyl (C=O) groups excluding carboxylic acids is 1. The molecule has 9 heteroatoms. The van der Waals surface area contributed by atoms with Gasteiger partial charge in [-0.25, -0.2) is 0 Å². The molecule has 0 bridgehead atoms. The van der Waals surface area contributed by atoms with Gasteiger partial charge >= 0.3 is 5.69 Å². The molecule has 2 fully saturated rings. The van der Waals surface area contributed by atoms with Crippen molar-refractivity contribution in [3.63, 3.8) is 0 Å². The van der Waals surface area contributed by atoms with E-state index in [1.165, 1.54) is 24.9 Å². The Morgan fingerprint density at radius 1 is 1.46 bits per heavy atom. The number of methoxy groups -OCH3 is 1. The molecule has 2 aliphatic rings. The number of carbonyl (C=O) groups is 1. The van der Waals surface area contributed by atoms with Crippen LogP contribution in [0.2, 0.25) is 0 Å². The zero-order valence-electron chi connectivity index (χ0n) is 16.0. The molecule has 7 nitrogen and oxygen atoms in total. The Bertz CT molecular complexity index is 691. The fourth-order valence-electron chi connectivity index (χ4n) is 3.54. The average Bonchev–Trinajstić information content (AvgIpc) is 3.39. The van der Waals surface area contributed by atoms with E-state index in [1.807, 2.05) is 16.7 Å². The first-order valence-electron chi connectivity index (χ1n) is 9.46. The molecule has 2 heterocycles. The first-order chi connectivity index (χ1) is 13.6. The molecule has 3 rings (SSSR count). The van der Waals surface area contributed by atoms with Gasteiger partial charge in [-0.2, -0.15) is 11.8 Å². The maximum Gasteiger partial charge on any atom is 0.311 e. The molecule has 0 aromatic heterocycles. The minimum atomic E-state index is -0.445. The number of ether oxygens (including phenoxy) is 2. The summed E-state index contributed by atoms with van der Waals surface area (Å²) in [6, 6.07) is 5.23. The third-order valence-electron chi connectivity index (χ3n) is 5.03. The molecule has 1 amide bonds. The van der Waals surface area contributed by atoms with E-state index < -0.39 is 4.92 Å². The minimum Gasteiger partial charge on any atom is -0.490 e. The fraction of sp³-hybridized carbons (Fsp3) is 0.632. The molecule has 0 N–H and O–H groups in total. The van der Waals surface area contributed by atoms with Gasteiger partial charge in [-0.15, -0.1) is 11.8 Å². The molecule has 0 aliphatic carbocycles. The van der Waals surface area contributed by atoms with Crippen molar-refractivity contribution in [2.75, 3.05) is 37.5 Å². The zero-order chi connectivity index (χ0) is 19.9. The van der Waals surface area contributed by atoms with E-state index in [9.17, 15) is 14.9 Å². The number of nitrogens with zero attached hydrogens (tertiary/aromatic N) is 2. The Labute approximate surface area is 173 Å². The molecule has 28 heavy (non-hydrogen) atoms. The van der Waals surface area contributed by atoms with Crippen molar-refractivity contribution in [3.05, 3.63) is 33.9 Å². The monoisotopic (exact) mass is 426 g/mol. The molecule has 1 aromatic carbocycles. The van der Waals surface area contributed by atoms with E-state index in [2.05, 4.69) is 0 Å². The van der Waals surface area contributed by atoms with Crippen LogP contribution in [-0.4, -0.2) is 65.4 Å². The van der Waals surface area contributed by atoms with Crippen LogP contribution in [0.25, 0.3) is 0 Å². The van der Waals surface area contributed by atoms with Gasteiger partial charge in [0.25, 0.3) is 0 Å². The Morgan fingerprint density at radius 3 is 2.96 bits per heavy atom. The lowest BCUT2D eigenvalue weighted by Gasteiger charge is -2.30. The normalized spacial score (nSPS) is 21.6. The summed E-state index contributed by atoms with van der Waals surface area (Å²) in [6.45, 7) is 1.47. The summed E-state index contributed by atoms with van der Waals surface area (Å²) in [5.74, 6) is 3.39. The van der Waals surface area contributed by atoms with Gasteiger partial charge in [-0.05, 0) is 36.6 Å². The second kappa shape index (κ2) is 10.4. The highest BCUT2D eigenvalue weighted by atomic mass is 32.2. The van der Waals surface area contributed by atoms with Crippen LogP contribution < -0.4 is 4.74 Å². The molecular formula is C19H26N2O5S2. The fourth-order valence-corrected chi connectivity index (χ4v) is 5.62. The van der Waals surface area contributed by atoms with E-state index in [-0.39, 0.29) is 23.4 Å². The predicted molar refractivity (Wildman–Crippen MR) is 112 cm³/mol. The number of rotatable bonds is 9. The molecule has 0 spiro atoms. The van der Waals surface area contributed by atoms with Crippen molar-refractivity contribution >= 4 is 35.1 Å². The summed E-state index contributed by atoms with van der Waals surface area (Å²) in [5.41, 5.74) is 0.766. The molecule has 2 atom stereocenters. The lowest BCUT2D eigenvalue weighted by molar-refractivity contribution is -0.385. The summed E-state index contributed by atoms with van der Waals surface area (Å²) in [4.78, 5) is 25.6. The largest absolute Gasteiger partial charge is 0.490 e. The lowest BCUT2D eigenvalue weighted by atomic mass is 10.1. The molecule has 0 radical (unpaired) electrons. The maximum absolute atomic E-state index is 12.9. The van der Waals surface area contributed by atoms with Gasteiger partial charge in [-0.3, -0.25) is 14.9 Å². The Morgan fingerprint density at radius 2 is 2.32 bits per heavy atom. The van der Waals surface area contributed by atoms with Crippen LogP contribution >= 0.6 is 23.5 Å². The first kappa shape index (κ1) is 21.3. The lowest BCUT2D eigenvalue weighted by Crippen LogP contribution is -2.45. The second-order valence-electron chi connectivity index (χ2n) is 6.95. The first-order valence-corrected chi connectivity index (χ1v) is 11.8. The summed E-state index contributed by atoms with van der Waals surface area (Å²) in [5, 5.41) is 11.2. The minimum absolute atomic E-state index is 0.0464. The van der Waals surface area contributed by atoms with Crippen molar-refractivity contribution in [3.8, 4) is 5.75 Å². The van der Waals surface area contributed by atoms with Crippen molar-refractivity contribution in [2.24, 2.45) is 0 Å². The van der Waals surface area contributed by atoms with Crippen LogP contribution in [0.15, 0.2) is 18.2 Å². The van der Waals surface area contributed by atoms with E-state index in [0.29, 0.717) is 24.1 Å². The zero-order valence-corrected chi connectivity index (χ0v) is 17.6. The van der Waals surface area contributed by atoms with Crippen molar-refractivity contribution < 1.29 is 19.2 Å². The molecule has 2 aliphatic heterocycles. The van der Waals surface area contributed by atoms with Crippen LogP contribution in [-0.2, 0) is 15.3 Å². The number of hydrogen-bond acceptors (Lipinski definition) is 7. The van der Waals surface area contributed by atoms with Gasteiger partial charge in [0.05, 0.1) is 23.9 Å². The standard InChI is InChI=1S/C19H26N2O5S2/c1-25-18-5-4-14(9-17(18)21(23)24)11-28-13-19(22)20(15-6-8-27-12-15)10-16-3-2-7-26-16/h4-5,9,15-16H,2-3,6-8,10-13H2,1H3. The highest BCUT2D eigenvalue weighted by Gasteiger charge is 2.30. The molecular weight excluding hydrogens is 400 g/mol. The topological polar surface area (TPSA) is 81.9 Å². The number of benzene rings is 1. The molecule has 0 saturated carbocycles. The number of amides is 1. The van der Waals surface area contributed by atoms with Gasteiger partial charge in [0.1, 0.15) is 0 Å². The van der Waals surface area contributed by atoms with Crippen molar-refractivity contribution in [2.45, 2.75) is 37.2 Å². The predicted octanol–water partition coefficient (Wildman–Crippen LogP) is 3.35. The smallest absolute Gasteiger partial charge is 0.311 e.